The van der Waals surface area contributed by atoms with Gasteiger partial charge in [0.2, 0.25) is 0 Å². The summed E-state index contributed by atoms with van der Waals surface area (Å²) in [6.45, 7) is 0. The molecule has 3 unspecified atom stereocenters. The lowest BCUT2D eigenvalue weighted by molar-refractivity contribution is 0.108. The van der Waals surface area contributed by atoms with Gasteiger partial charge in [0.15, 0.2) is 0 Å². The molecule has 1 saturated carbocycles. The number of hydrogen-bond acceptors (Lipinski definition) is 3. The van der Waals surface area contributed by atoms with Crippen LogP contribution in [-0.2, 0) is 12.8 Å². The fraction of sp³-hybridized carbons (Fsp3) is 0.647. The second-order valence-electron chi connectivity index (χ2n) is 6.26. The van der Waals surface area contributed by atoms with Crippen molar-refractivity contribution < 1.29 is 9.84 Å². The van der Waals surface area contributed by atoms with Crippen molar-refractivity contribution in [3.8, 4) is 5.75 Å². The van der Waals surface area contributed by atoms with Crippen LogP contribution in [-0.4, -0.2) is 30.4 Å². The Morgan fingerprint density at radius 3 is 2.85 bits per heavy atom. The first-order valence-corrected chi connectivity index (χ1v) is 7.84. The highest BCUT2D eigenvalue weighted by molar-refractivity contribution is 5.37. The number of fused-ring (bicyclic) bond motifs is 1. The van der Waals surface area contributed by atoms with Crippen molar-refractivity contribution >= 4 is 0 Å². The lowest BCUT2D eigenvalue weighted by atomic mass is 9.86. The lowest BCUT2D eigenvalue weighted by Gasteiger charge is -2.33. The molecule has 20 heavy (non-hydrogen) atoms. The van der Waals surface area contributed by atoms with E-state index >= 15 is 0 Å². The van der Waals surface area contributed by atoms with Crippen LogP contribution < -0.4 is 10.1 Å². The van der Waals surface area contributed by atoms with Gasteiger partial charge in [-0.3, -0.25) is 0 Å². The van der Waals surface area contributed by atoms with Crippen molar-refractivity contribution in [1.29, 1.82) is 0 Å². The smallest absolute Gasteiger partial charge is 0.119 e. The zero-order chi connectivity index (χ0) is 13.9. The molecule has 0 spiro atoms. The van der Waals surface area contributed by atoms with Gasteiger partial charge in [0.25, 0.3) is 0 Å². The summed E-state index contributed by atoms with van der Waals surface area (Å²) >= 11 is 0. The molecule has 3 atom stereocenters. The Kier molecular flexibility index (Phi) is 4.27. The maximum atomic E-state index is 9.78. The minimum atomic E-state index is -0.0998. The standard InChI is InChI=1S/C17H25NO2/c1-20-17-8-6-12-5-7-15(9-13(12)10-17)18-14-3-2-4-16(19)11-14/h6,8,10,14-16,18-19H,2-5,7,9,11H2,1H3. The topological polar surface area (TPSA) is 41.5 Å². The maximum absolute atomic E-state index is 9.78. The summed E-state index contributed by atoms with van der Waals surface area (Å²) in [4.78, 5) is 0. The van der Waals surface area contributed by atoms with E-state index in [1.165, 1.54) is 24.0 Å². The molecule has 0 amide bonds. The first kappa shape index (κ1) is 13.9. The van der Waals surface area contributed by atoms with Gasteiger partial charge >= 0.3 is 0 Å². The predicted octanol–water partition coefficient (Wildman–Crippen LogP) is 2.45. The van der Waals surface area contributed by atoms with E-state index in [2.05, 4.69) is 23.5 Å². The van der Waals surface area contributed by atoms with E-state index in [1.807, 2.05) is 0 Å². The molecule has 3 heteroatoms. The first-order chi connectivity index (χ1) is 9.74. The lowest BCUT2D eigenvalue weighted by Crippen LogP contribution is -2.44. The molecular weight excluding hydrogens is 250 g/mol. The predicted molar refractivity (Wildman–Crippen MR) is 80.2 cm³/mol. The van der Waals surface area contributed by atoms with Crippen LogP contribution in [0.1, 0.15) is 43.2 Å². The molecule has 2 aliphatic carbocycles. The third kappa shape index (κ3) is 3.15. The highest BCUT2D eigenvalue weighted by Gasteiger charge is 2.25. The van der Waals surface area contributed by atoms with Crippen LogP contribution in [0.3, 0.4) is 0 Å². The van der Waals surface area contributed by atoms with Crippen LogP contribution in [0.4, 0.5) is 0 Å². The average molecular weight is 275 g/mol. The fourth-order valence-corrected chi connectivity index (χ4v) is 3.65. The number of rotatable bonds is 3. The SMILES string of the molecule is COc1ccc2c(c1)CC(NC1CCCC(O)C1)CC2. The minimum Gasteiger partial charge on any atom is -0.497 e. The Bertz CT molecular complexity index is 460. The first-order valence-electron chi connectivity index (χ1n) is 7.84. The number of aryl methyl sites for hydroxylation is 1. The normalized spacial score (nSPS) is 29.8. The van der Waals surface area contributed by atoms with Crippen LogP contribution in [0.15, 0.2) is 18.2 Å². The molecule has 1 aromatic carbocycles. The maximum Gasteiger partial charge on any atom is 0.119 e. The Hall–Kier alpha value is -1.06. The van der Waals surface area contributed by atoms with Crippen LogP contribution in [0.5, 0.6) is 5.75 Å². The van der Waals surface area contributed by atoms with E-state index < -0.39 is 0 Å². The molecular formula is C17H25NO2. The van der Waals surface area contributed by atoms with Crippen LogP contribution >= 0.6 is 0 Å². The summed E-state index contributed by atoms with van der Waals surface area (Å²) in [6, 6.07) is 7.48. The highest BCUT2D eigenvalue weighted by Crippen LogP contribution is 2.27. The average Bonchev–Trinajstić information content (AvgIpc) is 2.46. The second-order valence-corrected chi connectivity index (χ2v) is 6.26. The molecule has 0 heterocycles. The third-order valence-electron chi connectivity index (χ3n) is 4.76. The molecule has 1 fully saturated rings. The second kappa shape index (κ2) is 6.15. The van der Waals surface area contributed by atoms with Crippen LogP contribution in [0.2, 0.25) is 0 Å². The molecule has 0 radical (unpaired) electrons. The molecule has 110 valence electrons. The summed E-state index contributed by atoms with van der Waals surface area (Å²) in [7, 11) is 1.73. The van der Waals surface area contributed by atoms with Crippen molar-refractivity contribution in [3.05, 3.63) is 29.3 Å². The van der Waals surface area contributed by atoms with Gasteiger partial charge in [-0.25, -0.2) is 0 Å². The van der Waals surface area contributed by atoms with Crippen LogP contribution in [0.25, 0.3) is 0 Å². The molecule has 2 aliphatic rings. The van der Waals surface area contributed by atoms with Crippen molar-refractivity contribution in [2.75, 3.05) is 7.11 Å². The number of ether oxygens (including phenoxy) is 1. The number of methoxy groups -OCH3 is 1. The van der Waals surface area contributed by atoms with Gasteiger partial charge in [0.05, 0.1) is 13.2 Å². The van der Waals surface area contributed by atoms with Crippen molar-refractivity contribution in [2.45, 2.75) is 63.1 Å². The van der Waals surface area contributed by atoms with E-state index in [9.17, 15) is 5.11 Å². The zero-order valence-electron chi connectivity index (χ0n) is 12.3. The van der Waals surface area contributed by atoms with Gasteiger partial charge in [-0.1, -0.05) is 6.07 Å². The molecule has 0 bridgehead atoms. The van der Waals surface area contributed by atoms with Crippen molar-refractivity contribution in [2.24, 2.45) is 0 Å². The van der Waals surface area contributed by atoms with Gasteiger partial charge in [-0.15, -0.1) is 0 Å². The molecule has 3 rings (SSSR count). The van der Waals surface area contributed by atoms with Crippen molar-refractivity contribution in [1.82, 2.24) is 5.32 Å². The Morgan fingerprint density at radius 2 is 2.05 bits per heavy atom. The van der Waals surface area contributed by atoms with E-state index in [0.717, 1.165) is 37.9 Å². The summed E-state index contributed by atoms with van der Waals surface area (Å²) in [5, 5.41) is 13.5. The fourth-order valence-electron chi connectivity index (χ4n) is 3.65. The van der Waals surface area contributed by atoms with Gasteiger partial charge in [-0.2, -0.15) is 0 Å². The number of aliphatic hydroxyl groups excluding tert-OH is 1. The van der Waals surface area contributed by atoms with Gasteiger partial charge in [0, 0.05) is 12.1 Å². The van der Waals surface area contributed by atoms with E-state index in [4.69, 9.17) is 4.74 Å². The van der Waals surface area contributed by atoms with Crippen LogP contribution in [0, 0.1) is 0 Å². The zero-order valence-corrected chi connectivity index (χ0v) is 12.3. The van der Waals surface area contributed by atoms with Crippen molar-refractivity contribution in [3.63, 3.8) is 0 Å². The summed E-state index contributed by atoms with van der Waals surface area (Å²) < 4.78 is 5.33. The Morgan fingerprint density at radius 1 is 1.15 bits per heavy atom. The molecule has 0 aromatic heterocycles. The summed E-state index contributed by atoms with van der Waals surface area (Å²) in [6.07, 6.45) is 7.58. The number of nitrogens with one attached hydrogen (secondary N) is 1. The summed E-state index contributed by atoms with van der Waals surface area (Å²) in [5.41, 5.74) is 2.89. The molecule has 0 aliphatic heterocycles. The Labute approximate surface area is 121 Å². The van der Waals surface area contributed by atoms with Gasteiger partial charge in [0.1, 0.15) is 5.75 Å². The monoisotopic (exact) mass is 275 g/mol. The van der Waals surface area contributed by atoms with E-state index in [-0.39, 0.29) is 6.10 Å². The third-order valence-corrected chi connectivity index (χ3v) is 4.76. The minimum absolute atomic E-state index is 0.0998. The quantitative estimate of drug-likeness (QED) is 0.890. The summed E-state index contributed by atoms with van der Waals surface area (Å²) in [5.74, 6) is 0.956. The highest BCUT2D eigenvalue weighted by atomic mass is 16.5. The largest absolute Gasteiger partial charge is 0.497 e. The van der Waals surface area contributed by atoms with Gasteiger partial charge in [-0.05, 0) is 68.2 Å². The van der Waals surface area contributed by atoms with E-state index in [1.54, 1.807) is 7.11 Å². The molecule has 0 saturated heterocycles. The van der Waals surface area contributed by atoms with Gasteiger partial charge < -0.3 is 15.2 Å². The number of benzene rings is 1. The molecule has 3 nitrogen and oxygen atoms in total. The van der Waals surface area contributed by atoms with E-state index in [0.29, 0.717) is 12.1 Å². The molecule has 1 aromatic rings. The Balaban J connectivity index is 1.62. The number of aliphatic hydroxyl groups is 1. The molecule has 2 N–H and O–H groups in total. The number of hydrogen-bond donors (Lipinski definition) is 2.